The minimum atomic E-state index is -0.855. The van der Waals surface area contributed by atoms with Crippen LogP contribution in [0.4, 0.5) is 0 Å². The van der Waals surface area contributed by atoms with Crippen LogP contribution in [0.1, 0.15) is 34.1 Å². The maximum Gasteiger partial charge on any atom is 0.335 e. The van der Waals surface area contributed by atoms with E-state index in [0.29, 0.717) is 12.2 Å². The largest absolute Gasteiger partial charge is 0.430 e. The maximum absolute atomic E-state index is 11.1. The van der Waals surface area contributed by atoms with E-state index >= 15 is 0 Å². The maximum atomic E-state index is 11.1. The summed E-state index contributed by atoms with van der Waals surface area (Å²) in [6.45, 7) is 11.1. The van der Waals surface area contributed by atoms with Crippen molar-refractivity contribution in [2.75, 3.05) is 6.61 Å². The summed E-state index contributed by atoms with van der Waals surface area (Å²) >= 11 is 0. The van der Waals surface area contributed by atoms with E-state index in [9.17, 15) is 4.79 Å². The van der Waals surface area contributed by atoms with Crippen molar-refractivity contribution in [1.29, 1.82) is 0 Å². The topological polar surface area (TPSA) is 35.5 Å². The van der Waals surface area contributed by atoms with Crippen LogP contribution in [0.3, 0.4) is 0 Å². The molecule has 0 amide bonds. The molecule has 0 atom stereocenters. The van der Waals surface area contributed by atoms with Crippen LogP contribution in [0.25, 0.3) is 0 Å². The Balaban J connectivity index is 4.00. The zero-order chi connectivity index (χ0) is 10.5. The first-order valence-corrected chi connectivity index (χ1v) is 4.42. The van der Waals surface area contributed by atoms with Gasteiger partial charge in [-0.15, -0.1) is 0 Å². The average Bonchev–Trinajstić information content (AvgIpc) is 2.00. The van der Waals surface area contributed by atoms with Gasteiger partial charge in [0.1, 0.15) is 0 Å². The summed E-state index contributed by atoms with van der Waals surface area (Å²) < 4.78 is 10.4. The van der Waals surface area contributed by atoms with Crippen LogP contribution in [0.15, 0.2) is 12.2 Å². The highest BCUT2D eigenvalue weighted by molar-refractivity contribution is 5.87. The minimum Gasteiger partial charge on any atom is -0.430 e. The summed E-state index contributed by atoms with van der Waals surface area (Å²) in [7, 11) is 0. The predicted molar refractivity (Wildman–Crippen MR) is 51.2 cm³/mol. The SMILES string of the molecule is C=C(C)C(=O)OC(C)(C)OCCC. The van der Waals surface area contributed by atoms with Crippen LogP contribution >= 0.6 is 0 Å². The van der Waals surface area contributed by atoms with Crippen molar-refractivity contribution >= 4 is 5.97 Å². The van der Waals surface area contributed by atoms with Gasteiger partial charge in [0, 0.05) is 19.4 Å². The molecular formula is C10H18O3. The molecule has 0 aliphatic heterocycles. The van der Waals surface area contributed by atoms with E-state index in [1.807, 2.05) is 6.92 Å². The van der Waals surface area contributed by atoms with E-state index in [1.54, 1.807) is 20.8 Å². The molecule has 0 unspecified atom stereocenters. The van der Waals surface area contributed by atoms with Gasteiger partial charge in [-0.3, -0.25) is 0 Å². The van der Waals surface area contributed by atoms with Crippen LogP contribution in [-0.2, 0) is 14.3 Å². The lowest BCUT2D eigenvalue weighted by molar-refractivity contribution is -0.211. The molecular weight excluding hydrogens is 168 g/mol. The fourth-order valence-electron chi connectivity index (χ4n) is 0.688. The Morgan fingerprint density at radius 1 is 1.46 bits per heavy atom. The molecule has 0 fully saturated rings. The second-order valence-corrected chi connectivity index (χ2v) is 3.42. The third kappa shape index (κ3) is 5.42. The van der Waals surface area contributed by atoms with E-state index in [2.05, 4.69) is 6.58 Å². The predicted octanol–water partition coefficient (Wildman–Crippen LogP) is 2.27. The molecule has 0 aromatic rings. The first-order valence-electron chi connectivity index (χ1n) is 4.42. The molecule has 0 aromatic carbocycles. The van der Waals surface area contributed by atoms with E-state index in [4.69, 9.17) is 9.47 Å². The highest BCUT2D eigenvalue weighted by Crippen LogP contribution is 2.13. The smallest absolute Gasteiger partial charge is 0.335 e. The van der Waals surface area contributed by atoms with Crippen molar-refractivity contribution in [2.24, 2.45) is 0 Å². The van der Waals surface area contributed by atoms with Gasteiger partial charge in [0.05, 0.1) is 6.61 Å². The highest BCUT2D eigenvalue weighted by Gasteiger charge is 2.23. The zero-order valence-corrected chi connectivity index (χ0v) is 8.85. The Kier molecular flexibility index (Phi) is 4.70. The molecule has 0 N–H and O–H groups in total. The van der Waals surface area contributed by atoms with Gasteiger partial charge in [-0.2, -0.15) is 0 Å². The van der Waals surface area contributed by atoms with Crippen LogP contribution in [0, 0.1) is 0 Å². The fourth-order valence-corrected chi connectivity index (χ4v) is 0.688. The van der Waals surface area contributed by atoms with Gasteiger partial charge >= 0.3 is 5.97 Å². The molecule has 0 radical (unpaired) electrons. The van der Waals surface area contributed by atoms with Gasteiger partial charge < -0.3 is 9.47 Å². The van der Waals surface area contributed by atoms with Crippen LogP contribution < -0.4 is 0 Å². The Morgan fingerprint density at radius 3 is 2.38 bits per heavy atom. The minimum absolute atomic E-state index is 0.383. The number of esters is 1. The lowest BCUT2D eigenvalue weighted by Gasteiger charge is -2.25. The highest BCUT2D eigenvalue weighted by atomic mass is 16.7. The molecule has 0 spiro atoms. The number of hydrogen-bond acceptors (Lipinski definition) is 3. The van der Waals surface area contributed by atoms with Gasteiger partial charge in [-0.05, 0) is 13.3 Å². The second-order valence-electron chi connectivity index (χ2n) is 3.42. The average molecular weight is 186 g/mol. The van der Waals surface area contributed by atoms with Gasteiger partial charge in [0.2, 0.25) is 5.79 Å². The van der Waals surface area contributed by atoms with Crippen molar-refractivity contribution in [3.05, 3.63) is 12.2 Å². The van der Waals surface area contributed by atoms with Crippen molar-refractivity contribution in [1.82, 2.24) is 0 Å². The zero-order valence-electron chi connectivity index (χ0n) is 8.85. The lowest BCUT2D eigenvalue weighted by Crippen LogP contribution is -2.31. The summed E-state index contributed by atoms with van der Waals surface area (Å²) in [5.74, 6) is -1.27. The van der Waals surface area contributed by atoms with Crippen molar-refractivity contribution in [3.63, 3.8) is 0 Å². The Bertz CT molecular complexity index is 194. The second kappa shape index (κ2) is 5.02. The number of rotatable bonds is 5. The molecule has 3 heteroatoms. The number of carbonyl (C=O) groups excluding carboxylic acids is 1. The van der Waals surface area contributed by atoms with Gasteiger partial charge in [-0.1, -0.05) is 13.5 Å². The van der Waals surface area contributed by atoms with Crippen molar-refractivity contribution < 1.29 is 14.3 Å². The molecule has 13 heavy (non-hydrogen) atoms. The summed E-state index contributed by atoms with van der Waals surface area (Å²) in [5.41, 5.74) is 0.383. The molecule has 0 aliphatic carbocycles. The molecule has 0 heterocycles. The fraction of sp³-hybridized carbons (Fsp3) is 0.700. The van der Waals surface area contributed by atoms with Gasteiger partial charge in [0.15, 0.2) is 0 Å². The van der Waals surface area contributed by atoms with Crippen molar-refractivity contribution in [3.8, 4) is 0 Å². The van der Waals surface area contributed by atoms with Crippen LogP contribution in [-0.4, -0.2) is 18.4 Å². The first-order chi connectivity index (χ1) is 5.89. The Hall–Kier alpha value is -0.830. The molecule has 0 aliphatic rings. The molecule has 0 saturated heterocycles. The standard InChI is InChI=1S/C10H18O3/c1-6-7-12-10(4,5)13-9(11)8(2)3/h2,6-7H2,1,3-5H3. The third-order valence-electron chi connectivity index (χ3n) is 1.34. The van der Waals surface area contributed by atoms with Crippen LogP contribution in [0.5, 0.6) is 0 Å². The molecule has 0 rings (SSSR count). The summed E-state index contributed by atoms with van der Waals surface area (Å²) in [6, 6.07) is 0. The molecule has 3 nitrogen and oxygen atoms in total. The molecule has 76 valence electrons. The van der Waals surface area contributed by atoms with Gasteiger partial charge in [-0.25, -0.2) is 4.79 Å². The summed E-state index contributed by atoms with van der Waals surface area (Å²) in [5, 5.41) is 0. The molecule has 0 aromatic heterocycles. The first kappa shape index (κ1) is 12.2. The van der Waals surface area contributed by atoms with E-state index in [-0.39, 0.29) is 0 Å². The molecule has 0 saturated carbocycles. The van der Waals surface area contributed by atoms with E-state index in [0.717, 1.165) is 6.42 Å². The quantitative estimate of drug-likeness (QED) is 0.375. The summed E-state index contributed by atoms with van der Waals surface area (Å²) in [4.78, 5) is 11.1. The Morgan fingerprint density at radius 2 is 2.00 bits per heavy atom. The van der Waals surface area contributed by atoms with E-state index in [1.165, 1.54) is 0 Å². The van der Waals surface area contributed by atoms with E-state index < -0.39 is 11.8 Å². The third-order valence-corrected chi connectivity index (χ3v) is 1.34. The Labute approximate surface area is 79.7 Å². The lowest BCUT2D eigenvalue weighted by atomic mass is 10.3. The van der Waals surface area contributed by atoms with Crippen LogP contribution in [0.2, 0.25) is 0 Å². The van der Waals surface area contributed by atoms with Crippen molar-refractivity contribution in [2.45, 2.75) is 39.9 Å². The number of carbonyl (C=O) groups is 1. The number of ether oxygens (including phenoxy) is 2. The van der Waals surface area contributed by atoms with Gasteiger partial charge in [0.25, 0.3) is 0 Å². The molecule has 0 bridgehead atoms. The summed E-state index contributed by atoms with van der Waals surface area (Å²) in [6.07, 6.45) is 0.897. The number of hydrogen-bond donors (Lipinski definition) is 0. The monoisotopic (exact) mass is 186 g/mol. The normalized spacial score (nSPS) is 11.1.